The maximum absolute atomic E-state index is 13.7. The molecule has 5 aliphatic heterocycles. The molecule has 1 aromatic rings. The molecule has 9 nitrogen and oxygen atoms in total. The van der Waals surface area contributed by atoms with Crippen LogP contribution in [-0.2, 0) is 14.4 Å². The van der Waals surface area contributed by atoms with Crippen LogP contribution in [0.5, 0.6) is 0 Å². The third-order valence-corrected chi connectivity index (χ3v) is 9.04. The number of likely N-dealkylation sites (tertiary alicyclic amines) is 1. The SMILES string of the molecule is CCC[C@H]1NC(=O)CC2(CCN(C(=O)c3ccc(F)cc3)CC2)NC(=O)[C@@H]2CCCN2C2CCN(CC2)C1=O. The minimum Gasteiger partial charge on any atom is -0.349 e. The Bertz CT molecular complexity index is 1080. The van der Waals surface area contributed by atoms with Crippen LogP contribution >= 0.6 is 0 Å². The lowest BCUT2D eigenvalue weighted by molar-refractivity contribution is -0.140. The summed E-state index contributed by atoms with van der Waals surface area (Å²) >= 11 is 0. The highest BCUT2D eigenvalue weighted by Crippen LogP contribution is 2.31. The average Bonchev–Trinajstić information content (AvgIpc) is 3.43. The standard InChI is InChI=1S/C29H40FN5O4/c1-2-4-23-28(39)33-15-10-22(11-16-33)35-14-3-5-24(35)26(37)32-29(19-25(36)31-23)12-17-34(18-13-29)27(38)20-6-8-21(30)9-7-20/h6-9,22-24H,2-5,10-19H2,1H3,(H,31,36)(H,32,37)/t23-,24+/m1/s1. The summed E-state index contributed by atoms with van der Waals surface area (Å²) in [6.45, 7) is 4.89. The Morgan fingerprint density at radius 3 is 2.36 bits per heavy atom. The first-order chi connectivity index (χ1) is 18.8. The van der Waals surface area contributed by atoms with Crippen molar-refractivity contribution < 1.29 is 23.6 Å². The third-order valence-electron chi connectivity index (χ3n) is 9.04. The van der Waals surface area contributed by atoms with E-state index in [4.69, 9.17) is 0 Å². The van der Waals surface area contributed by atoms with Gasteiger partial charge >= 0.3 is 0 Å². The Balaban J connectivity index is 1.37. The van der Waals surface area contributed by atoms with Crippen LogP contribution in [0.2, 0.25) is 0 Å². The summed E-state index contributed by atoms with van der Waals surface area (Å²) in [7, 11) is 0. The van der Waals surface area contributed by atoms with E-state index in [1.54, 1.807) is 4.90 Å². The number of amides is 4. The monoisotopic (exact) mass is 541 g/mol. The molecule has 5 heterocycles. The zero-order valence-corrected chi connectivity index (χ0v) is 22.8. The third kappa shape index (κ3) is 5.95. The molecule has 212 valence electrons. The van der Waals surface area contributed by atoms with Gasteiger partial charge in [0.25, 0.3) is 5.91 Å². The van der Waals surface area contributed by atoms with E-state index in [-0.39, 0.29) is 42.1 Å². The molecule has 2 atom stereocenters. The van der Waals surface area contributed by atoms with Crippen LogP contribution in [-0.4, -0.2) is 94.7 Å². The minimum absolute atomic E-state index is 0.0171. The van der Waals surface area contributed by atoms with Crippen molar-refractivity contribution >= 4 is 23.6 Å². The van der Waals surface area contributed by atoms with Crippen molar-refractivity contribution in [2.24, 2.45) is 0 Å². The number of piperidine rings is 2. The lowest BCUT2D eigenvalue weighted by Crippen LogP contribution is -2.62. The van der Waals surface area contributed by atoms with E-state index < -0.39 is 17.4 Å². The largest absolute Gasteiger partial charge is 0.349 e. The van der Waals surface area contributed by atoms with Crippen LogP contribution in [0.4, 0.5) is 4.39 Å². The van der Waals surface area contributed by atoms with Gasteiger partial charge in [-0.1, -0.05) is 13.3 Å². The fraction of sp³-hybridized carbons (Fsp3) is 0.655. The molecule has 5 saturated heterocycles. The molecular formula is C29H40FN5O4. The molecule has 2 bridgehead atoms. The Morgan fingerprint density at radius 2 is 1.69 bits per heavy atom. The average molecular weight is 542 g/mol. The van der Waals surface area contributed by atoms with Gasteiger partial charge in [-0.2, -0.15) is 0 Å². The highest BCUT2D eigenvalue weighted by Gasteiger charge is 2.44. The molecule has 10 heteroatoms. The topological polar surface area (TPSA) is 102 Å². The minimum atomic E-state index is -0.807. The zero-order valence-electron chi connectivity index (χ0n) is 22.8. The van der Waals surface area contributed by atoms with Crippen LogP contribution in [0.3, 0.4) is 0 Å². The molecule has 0 aromatic heterocycles. The maximum Gasteiger partial charge on any atom is 0.253 e. The number of nitrogens with zero attached hydrogens (tertiary/aromatic N) is 3. The van der Waals surface area contributed by atoms with Crippen molar-refractivity contribution in [2.75, 3.05) is 32.7 Å². The lowest BCUT2D eigenvalue weighted by Gasteiger charge is -2.45. The molecule has 1 spiro atoms. The van der Waals surface area contributed by atoms with Crippen LogP contribution in [0.15, 0.2) is 24.3 Å². The molecule has 0 saturated carbocycles. The van der Waals surface area contributed by atoms with Crippen molar-refractivity contribution in [2.45, 2.75) is 88.4 Å². The molecule has 5 aliphatic rings. The van der Waals surface area contributed by atoms with Crippen molar-refractivity contribution in [1.82, 2.24) is 25.3 Å². The number of carbonyl (C=O) groups excluding carboxylic acids is 4. The van der Waals surface area contributed by atoms with Gasteiger partial charge in [0, 0.05) is 44.2 Å². The van der Waals surface area contributed by atoms with Crippen LogP contribution < -0.4 is 10.6 Å². The highest BCUT2D eigenvalue weighted by atomic mass is 19.1. The summed E-state index contributed by atoms with van der Waals surface area (Å²) in [6, 6.07) is 4.93. The van der Waals surface area contributed by atoms with E-state index in [2.05, 4.69) is 15.5 Å². The number of benzene rings is 1. The molecular weight excluding hydrogens is 501 g/mol. The molecule has 0 radical (unpaired) electrons. The second-order valence-corrected chi connectivity index (χ2v) is 11.6. The first-order valence-corrected chi connectivity index (χ1v) is 14.5. The number of hydrogen-bond acceptors (Lipinski definition) is 5. The first kappa shape index (κ1) is 27.6. The molecule has 2 N–H and O–H groups in total. The van der Waals surface area contributed by atoms with Gasteiger partial charge in [0.15, 0.2) is 0 Å². The summed E-state index contributed by atoms with van der Waals surface area (Å²) < 4.78 is 13.4. The predicted octanol–water partition coefficient (Wildman–Crippen LogP) is 2.06. The molecule has 0 unspecified atom stereocenters. The van der Waals surface area contributed by atoms with Crippen molar-refractivity contribution in [1.29, 1.82) is 0 Å². The molecule has 0 aliphatic carbocycles. The quantitative estimate of drug-likeness (QED) is 0.610. The van der Waals surface area contributed by atoms with Crippen LogP contribution in [0, 0.1) is 5.82 Å². The highest BCUT2D eigenvalue weighted by molar-refractivity contribution is 5.94. The molecule has 39 heavy (non-hydrogen) atoms. The molecule has 5 fully saturated rings. The van der Waals surface area contributed by atoms with Crippen LogP contribution in [0.1, 0.15) is 75.1 Å². The van der Waals surface area contributed by atoms with Gasteiger partial charge in [-0.05, 0) is 75.8 Å². The van der Waals surface area contributed by atoms with Crippen molar-refractivity contribution in [3.8, 4) is 0 Å². The van der Waals surface area contributed by atoms with E-state index in [1.807, 2.05) is 11.8 Å². The van der Waals surface area contributed by atoms with E-state index in [1.165, 1.54) is 24.3 Å². The Labute approximate surface area is 229 Å². The smallest absolute Gasteiger partial charge is 0.253 e. The summed E-state index contributed by atoms with van der Waals surface area (Å²) in [5, 5.41) is 6.28. The summed E-state index contributed by atoms with van der Waals surface area (Å²) in [6.07, 6.45) is 5.62. The lowest BCUT2D eigenvalue weighted by atomic mass is 9.83. The van der Waals surface area contributed by atoms with E-state index in [9.17, 15) is 23.6 Å². The van der Waals surface area contributed by atoms with E-state index >= 15 is 0 Å². The van der Waals surface area contributed by atoms with Gasteiger partial charge in [0.2, 0.25) is 17.7 Å². The fourth-order valence-corrected chi connectivity index (χ4v) is 6.85. The number of fused-ring (bicyclic) bond motifs is 7. The second kappa shape index (κ2) is 11.6. The predicted molar refractivity (Wildman–Crippen MR) is 143 cm³/mol. The maximum atomic E-state index is 13.7. The number of hydrogen-bond donors (Lipinski definition) is 2. The van der Waals surface area contributed by atoms with Gasteiger partial charge in [-0.15, -0.1) is 0 Å². The number of halogens is 1. The Morgan fingerprint density at radius 1 is 1.00 bits per heavy atom. The number of carbonyl (C=O) groups is 4. The number of nitrogens with one attached hydrogen (secondary N) is 2. The van der Waals surface area contributed by atoms with Gasteiger partial charge in [-0.3, -0.25) is 24.1 Å². The zero-order chi connectivity index (χ0) is 27.6. The summed E-state index contributed by atoms with van der Waals surface area (Å²) in [5.74, 6) is -0.906. The molecule has 4 amide bonds. The van der Waals surface area contributed by atoms with Gasteiger partial charge in [-0.25, -0.2) is 4.39 Å². The molecule has 1 aromatic carbocycles. The van der Waals surface area contributed by atoms with Crippen molar-refractivity contribution in [3.05, 3.63) is 35.6 Å². The summed E-state index contributed by atoms with van der Waals surface area (Å²) in [5.41, 5.74) is -0.397. The molecule has 6 rings (SSSR count). The van der Waals surface area contributed by atoms with Gasteiger partial charge in [0.05, 0.1) is 11.6 Å². The summed E-state index contributed by atoms with van der Waals surface area (Å²) in [4.78, 5) is 59.5. The van der Waals surface area contributed by atoms with Crippen LogP contribution in [0.25, 0.3) is 0 Å². The van der Waals surface area contributed by atoms with Gasteiger partial charge < -0.3 is 20.4 Å². The first-order valence-electron chi connectivity index (χ1n) is 14.5. The normalized spacial score (nSPS) is 26.8. The van der Waals surface area contributed by atoms with E-state index in [0.717, 1.165) is 38.6 Å². The Kier molecular flexibility index (Phi) is 8.21. The van der Waals surface area contributed by atoms with E-state index in [0.29, 0.717) is 51.0 Å². The second-order valence-electron chi connectivity index (χ2n) is 11.6. The van der Waals surface area contributed by atoms with Crippen molar-refractivity contribution in [3.63, 3.8) is 0 Å². The number of rotatable bonds is 3. The fourth-order valence-electron chi connectivity index (χ4n) is 6.85. The Hall–Kier alpha value is -3.01. The van der Waals surface area contributed by atoms with Gasteiger partial charge in [0.1, 0.15) is 11.9 Å².